The molecule has 45 heavy (non-hydrogen) atoms. The van der Waals surface area contributed by atoms with Gasteiger partial charge in [-0.3, -0.25) is 28.0 Å². The minimum absolute atomic E-state index is 0.0778. The lowest BCUT2D eigenvalue weighted by atomic mass is 9.97. The number of nitrogen functional groups attached to an aromatic ring is 2. The summed E-state index contributed by atoms with van der Waals surface area (Å²) in [5.74, 6) is 2.15. The number of nitrogens with zero attached hydrogens (tertiary/aromatic N) is 7. The first kappa shape index (κ1) is 30.9. The summed E-state index contributed by atoms with van der Waals surface area (Å²) >= 11 is 0. The van der Waals surface area contributed by atoms with Gasteiger partial charge in [0.05, 0.1) is 19.3 Å². The summed E-state index contributed by atoms with van der Waals surface area (Å²) in [7, 11) is -3.93. The molecule has 9 atom stereocenters. The summed E-state index contributed by atoms with van der Waals surface area (Å²) in [5.41, 5.74) is 9.06. The molecule has 21 nitrogen and oxygen atoms in total. The molecule has 0 saturated carbocycles. The minimum Gasteiger partial charge on any atom is -0.394 e. The number of aliphatic hydroxyl groups is 3. The molecule has 22 heteroatoms. The molecule has 4 aromatic rings. The van der Waals surface area contributed by atoms with Crippen LogP contribution < -0.4 is 17.0 Å². The molecular formula is C23H27N10O11P. The second-order valence-electron chi connectivity index (χ2n) is 10.1. The van der Waals surface area contributed by atoms with Gasteiger partial charge in [-0.1, -0.05) is 5.92 Å². The van der Waals surface area contributed by atoms with Crippen molar-refractivity contribution in [3.8, 4) is 12.3 Å². The van der Waals surface area contributed by atoms with Crippen molar-refractivity contribution in [3.63, 3.8) is 0 Å². The van der Waals surface area contributed by atoms with Gasteiger partial charge < -0.3 is 45.9 Å². The van der Waals surface area contributed by atoms with Crippen LogP contribution in [-0.2, 0) is 27.8 Å². The number of nitrogens with one attached hydrogen (secondary N) is 1. The van der Waals surface area contributed by atoms with E-state index in [2.05, 4.69) is 35.8 Å². The van der Waals surface area contributed by atoms with Crippen LogP contribution in [0.5, 0.6) is 0 Å². The highest BCUT2D eigenvalue weighted by Crippen LogP contribution is 2.51. The van der Waals surface area contributed by atoms with E-state index in [1.807, 2.05) is 0 Å². The van der Waals surface area contributed by atoms with Gasteiger partial charge in [0.15, 0.2) is 40.7 Å². The quantitative estimate of drug-likeness (QED) is 0.0708. The lowest BCUT2D eigenvalue weighted by Gasteiger charge is -2.30. The van der Waals surface area contributed by atoms with Crippen molar-refractivity contribution < 1.29 is 48.0 Å². The number of nitrogens with two attached hydrogens (primary N) is 2. The number of phosphoric acid groups is 1. The molecule has 0 aliphatic carbocycles. The Kier molecular flexibility index (Phi) is 7.82. The highest BCUT2D eigenvalue weighted by atomic mass is 31.2. The smallest absolute Gasteiger partial charge is 0.394 e. The van der Waals surface area contributed by atoms with E-state index in [0.717, 1.165) is 10.9 Å². The van der Waals surface area contributed by atoms with E-state index >= 15 is 0 Å². The average molecular weight is 651 g/mol. The molecule has 0 amide bonds. The van der Waals surface area contributed by atoms with Crippen LogP contribution >= 0.6 is 7.82 Å². The average Bonchev–Trinajstić information content (AvgIpc) is 3.76. The van der Waals surface area contributed by atoms with E-state index in [-0.39, 0.29) is 34.1 Å². The Bertz CT molecular complexity index is 1890. The molecule has 4 aromatic heterocycles. The van der Waals surface area contributed by atoms with E-state index in [9.17, 15) is 29.6 Å². The van der Waals surface area contributed by atoms with Crippen LogP contribution in [0, 0.1) is 12.3 Å². The maximum absolute atomic E-state index is 13.3. The van der Waals surface area contributed by atoms with Crippen LogP contribution in [0.3, 0.4) is 0 Å². The number of terminal acetylenes is 1. The van der Waals surface area contributed by atoms with Gasteiger partial charge in [-0.05, 0) is 0 Å². The van der Waals surface area contributed by atoms with Gasteiger partial charge in [0, 0.05) is 7.11 Å². The highest BCUT2D eigenvalue weighted by Gasteiger charge is 2.57. The third-order valence-electron chi connectivity index (χ3n) is 7.47. The third-order valence-corrected chi connectivity index (χ3v) is 8.43. The first-order valence-electron chi connectivity index (χ1n) is 13.1. The Labute approximate surface area is 251 Å². The van der Waals surface area contributed by atoms with Gasteiger partial charge >= 0.3 is 7.82 Å². The van der Waals surface area contributed by atoms with Gasteiger partial charge in [-0.25, -0.2) is 24.5 Å². The van der Waals surface area contributed by atoms with E-state index in [4.69, 9.17) is 41.1 Å². The molecule has 6 rings (SSSR count). The van der Waals surface area contributed by atoms with E-state index in [1.54, 1.807) is 0 Å². The molecule has 0 bridgehead atoms. The number of H-pyrrole nitrogens is 1. The molecule has 2 aliphatic rings. The number of hydrogen-bond acceptors (Lipinski definition) is 17. The normalized spacial score (nSPS) is 31.4. The van der Waals surface area contributed by atoms with Crippen LogP contribution in [0.1, 0.15) is 12.5 Å². The Morgan fingerprint density at radius 2 is 1.84 bits per heavy atom. The van der Waals surface area contributed by atoms with Gasteiger partial charge in [0.2, 0.25) is 5.95 Å². The molecule has 5 unspecified atom stereocenters. The van der Waals surface area contributed by atoms with E-state index in [0.29, 0.717) is 0 Å². The number of anilines is 2. The molecular weight excluding hydrogens is 623 g/mol. The van der Waals surface area contributed by atoms with Crippen LogP contribution in [0.2, 0.25) is 0 Å². The van der Waals surface area contributed by atoms with Gasteiger partial charge in [-0.2, -0.15) is 4.98 Å². The van der Waals surface area contributed by atoms with Crippen molar-refractivity contribution in [2.45, 2.75) is 48.6 Å². The number of methoxy groups -OCH3 is 1. The van der Waals surface area contributed by atoms with Gasteiger partial charge in [0.25, 0.3) is 5.56 Å². The molecule has 0 radical (unpaired) electrons. The summed E-state index contributed by atoms with van der Waals surface area (Å²) in [6.07, 6.45) is -0.712. The number of aromatic nitrogens is 8. The maximum Gasteiger partial charge on any atom is 0.472 e. The molecule has 240 valence electrons. The van der Waals surface area contributed by atoms with Crippen LogP contribution in [0.4, 0.5) is 11.8 Å². The van der Waals surface area contributed by atoms with Gasteiger partial charge in [0.1, 0.15) is 49.0 Å². The number of phosphoric ester groups is 1. The molecule has 2 aliphatic heterocycles. The minimum atomic E-state index is -5.16. The van der Waals surface area contributed by atoms with Crippen LogP contribution in [-0.4, -0.2) is 116 Å². The van der Waals surface area contributed by atoms with Crippen LogP contribution in [0.25, 0.3) is 22.3 Å². The lowest BCUT2D eigenvalue weighted by Crippen LogP contribution is -2.47. The maximum atomic E-state index is 13.3. The van der Waals surface area contributed by atoms with Crippen molar-refractivity contribution in [1.29, 1.82) is 0 Å². The SMILES string of the molecule is C#C[C@]1(COP(=O)(O)OC2C(O)[C@@H](CO)O[C@H]2n2cnc3c(=O)[nH]c(N)nc32)O[C@@H](n2cnc3c(N)ncnc32)C(O)C1OC. The zero-order chi connectivity index (χ0) is 32.3. The predicted octanol–water partition coefficient (Wildman–Crippen LogP) is -2.85. The topological polar surface area (TPSA) is 303 Å². The number of rotatable bonds is 9. The van der Waals surface area contributed by atoms with E-state index < -0.39 is 75.2 Å². The zero-order valence-corrected chi connectivity index (χ0v) is 24.0. The second-order valence-corrected chi connectivity index (χ2v) is 11.5. The number of aliphatic hydroxyl groups excluding tert-OH is 3. The largest absolute Gasteiger partial charge is 0.472 e. The summed E-state index contributed by atoms with van der Waals surface area (Å²) < 4.78 is 43.5. The fourth-order valence-electron chi connectivity index (χ4n) is 5.36. The second kappa shape index (κ2) is 11.4. The highest BCUT2D eigenvalue weighted by molar-refractivity contribution is 7.47. The Morgan fingerprint density at radius 1 is 1.13 bits per heavy atom. The summed E-state index contributed by atoms with van der Waals surface area (Å²) in [5, 5.41) is 31.7. The molecule has 6 heterocycles. The number of ether oxygens (including phenoxy) is 3. The number of fused-ring (bicyclic) bond motifs is 2. The first-order chi connectivity index (χ1) is 21.4. The first-order valence-corrected chi connectivity index (χ1v) is 14.5. The summed E-state index contributed by atoms with van der Waals surface area (Å²) in [4.78, 5) is 45.4. The summed E-state index contributed by atoms with van der Waals surface area (Å²) in [6, 6.07) is 0. The standard InChI is InChI=1S/C23H27N10O11P/c1-3-23(15(40-2)13(36)20(43-23)32-7-28-10-16(24)26-6-27-17(10)32)5-41-45(38,39)44-14-12(35)9(4-34)42-21(14)33-8-29-11-18(33)30-22(25)31-19(11)37/h1,6-9,12-15,20-21,34-36H,4-5H2,2H3,(H,38,39)(H2,24,26,27)(H3,25,30,31,37)/t9-,12?,13?,14?,15?,20-,21-,23-/m1/s1. The Morgan fingerprint density at radius 3 is 2.53 bits per heavy atom. The Balaban J connectivity index is 1.25. The lowest BCUT2D eigenvalue weighted by molar-refractivity contribution is -0.0996. The molecule has 2 fully saturated rings. The van der Waals surface area contributed by atoms with Crippen LogP contribution in [0.15, 0.2) is 23.8 Å². The van der Waals surface area contributed by atoms with Gasteiger partial charge in [-0.15, -0.1) is 6.42 Å². The summed E-state index contributed by atoms with van der Waals surface area (Å²) in [6.45, 7) is -1.56. The number of hydrogen-bond donors (Lipinski definition) is 7. The number of aromatic amines is 1. The van der Waals surface area contributed by atoms with E-state index in [1.165, 1.54) is 24.3 Å². The van der Waals surface area contributed by atoms with Crippen molar-refractivity contribution in [1.82, 2.24) is 39.0 Å². The molecule has 0 spiro atoms. The molecule has 9 N–H and O–H groups in total. The zero-order valence-electron chi connectivity index (χ0n) is 23.1. The third kappa shape index (κ3) is 5.12. The van der Waals surface area contributed by atoms with Crippen molar-refractivity contribution >= 4 is 41.9 Å². The molecule has 0 aromatic carbocycles. The van der Waals surface area contributed by atoms with Crippen molar-refractivity contribution in [2.75, 3.05) is 31.8 Å². The monoisotopic (exact) mass is 650 g/mol. The van der Waals surface area contributed by atoms with Crippen molar-refractivity contribution in [2.24, 2.45) is 0 Å². The predicted molar refractivity (Wildman–Crippen MR) is 148 cm³/mol. The molecule has 2 saturated heterocycles. The fraction of sp³-hybridized carbons (Fsp3) is 0.478. The fourth-order valence-corrected chi connectivity index (χ4v) is 6.31. The number of imidazole rings is 2. The van der Waals surface area contributed by atoms with Crippen molar-refractivity contribution in [3.05, 3.63) is 29.3 Å². The Hall–Kier alpha value is -4.07.